The lowest BCUT2D eigenvalue weighted by molar-refractivity contribution is 0.595. The van der Waals surface area contributed by atoms with Gasteiger partial charge in [0, 0.05) is 30.7 Å². The predicted molar refractivity (Wildman–Crippen MR) is 157 cm³/mol. The fourth-order valence-electron chi connectivity index (χ4n) is 4.77. The van der Waals surface area contributed by atoms with E-state index in [1.165, 1.54) is 15.4 Å². The van der Waals surface area contributed by atoms with Crippen LogP contribution in [0.25, 0.3) is 0 Å². The fourth-order valence-corrected chi connectivity index (χ4v) is 6.16. The SMILES string of the molecule is Cc1ccc(S(=O)(=O)N(C=C2CN(c3cccc(C)c3)CN(c3cccc(C)c3)C2)c2ccccc2)cc1. The molecular formula is C32H33N3O2S. The number of sulfonamides is 1. The first kappa shape index (κ1) is 25.6. The molecule has 0 aromatic heterocycles. The Balaban J connectivity index is 1.60. The number of hydrogen-bond donors (Lipinski definition) is 0. The number of nitrogens with zero attached hydrogens (tertiary/aromatic N) is 3. The van der Waals surface area contributed by atoms with Crippen molar-refractivity contribution in [3.8, 4) is 0 Å². The zero-order valence-electron chi connectivity index (χ0n) is 22.1. The third-order valence-corrected chi connectivity index (χ3v) is 8.45. The van der Waals surface area contributed by atoms with Gasteiger partial charge in [-0.2, -0.15) is 0 Å². The molecule has 1 heterocycles. The summed E-state index contributed by atoms with van der Waals surface area (Å²) in [5.74, 6) is 0. The van der Waals surface area contributed by atoms with Gasteiger partial charge in [-0.3, -0.25) is 0 Å². The largest absolute Gasteiger partial charge is 0.350 e. The molecule has 0 radical (unpaired) electrons. The van der Waals surface area contributed by atoms with Crippen LogP contribution in [0.2, 0.25) is 0 Å². The van der Waals surface area contributed by atoms with Crippen molar-refractivity contribution in [1.29, 1.82) is 0 Å². The van der Waals surface area contributed by atoms with Gasteiger partial charge < -0.3 is 9.80 Å². The third-order valence-electron chi connectivity index (χ3n) is 6.75. The second-order valence-electron chi connectivity index (χ2n) is 9.95. The van der Waals surface area contributed by atoms with E-state index in [4.69, 9.17) is 0 Å². The molecule has 1 aliphatic rings. The number of anilines is 3. The summed E-state index contributed by atoms with van der Waals surface area (Å²) in [6, 6.07) is 33.2. The topological polar surface area (TPSA) is 43.9 Å². The van der Waals surface area contributed by atoms with E-state index in [0.29, 0.717) is 25.4 Å². The molecule has 38 heavy (non-hydrogen) atoms. The first-order valence-electron chi connectivity index (χ1n) is 12.8. The number of rotatable bonds is 6. The highest BCUT2D eigenvalue weighted by Gasteiger charge is 2.27. The van der Waals surface area contributed by atoms with E-state index in [-0.39, 0.29) is 4.90 Å². The molecule has 1 fully saturated rings. The quantitative estimate of drug-likeness (QED) is 0.283. The predicted octanol–water partition coefficient (Wildman–Crippen LogP) is 6.68. The zero-order chi connectivity index (χ0) is 26.7. The molecule has 0 spiro atoms. The van der Waals surface area contributed by atoms with E-state index in [1.54, 1.807) is 12.1 Å². The van der Waals surface area contributed by atoms with Crippen LogP contribution in [-0.2, 0) is 10.0 Å². The van der Waals surface area contributed by atoms with Crippen molar-refractivity contribution in [2.45, 2.75) is 25.7 Å². The Kier molecular flexibility index (Phi) is 7.25. The normalized spacial score (nSPS) is 13.9. The molecule has 0 unspecified atom stereocenters. The van der Waals surface area contributed by atoms with Crippen molar-refractivity contribution in [2.75, 3.05) is 33.9 Å². The molecule has 4 aromatic carbocycles. The van der Waals surface area contributed by atoms with E-state index in [9.17, 15) is 8.42 Å². The Morgan fingerprint density at radius 2 is 1.21 bits per heavy atom. The first-order chi connectivity index (χ1) is 18.3. The maximum atomic E-state index is 14.0. The van der Waals surface area contributed by atoms with Crippen molar-refractivity contribution in [2.24, 2.45) is 0 Å². The average molecular weight is 524 g/mol. The molecular weight excluding hydrogens is 490 g/mol. The van der Waals surface area contributed by atoms with Crippen LogP contribution in [0.15, 0.2) is 120 Å². The van der Waals surface area contributed by atoms with Crippen molar-refractivity contribution in [1.82, 2.24) is 0 Å². The molecule has 0 aliphatic carbocycles. The Morgan fingerprint density at radius 1 is 0.658 bits per heavy atom. The summed E-state index contributed by atoms with van der Waals surface area (Å²) < 4.78 is 29.4. The van der Waals surface area contributed by atoms with Crippen molar-refractivity contribution >= 4 is 27.1 Å². The second kappa shape index (κ2) is 10.8. The number of hydrogen-bond acceptors (Lipinski definition) is 4. The standard InChI is InChI=1S/C32H33N3O2S/c1-25-15-17-32(18-16-25)38(36,37)35(29-11-5-4-6-12-29)23-28-21-33(30-13-7-9-26(2)19-30)24-34(22-28)31-14-8-10-27(3)20-31/h4-20,23H,21-22,24H2,1-3H3. The van der Waals surface area contributed by atoms with Gasteiger partial charge in [-0.05, 0) is 86.0 Å². The molecule has 6 heteroatoms. The van der Waals surface area contributed by atoms with Crippen LogP contribution in [0.3, 0.4) is 0 Å². The Morgan fingerprint density at radius 3 is 1.74 bits per heavy atom. The molecule has 0 saturated carbocycles. The molecule has 4 aromatic rings. The van der Waals surface area contributed by atoms with Crippen LogP contribution in [0.5, 0.6) is 0 Å². The van der Waals surface area contributed by atoms with Crippen molar-refractivity contribution in [3.63, 3.8) is 0 Å². The van der Waals surface area contributed by atoms with Crippen LogP contribution < -0.4 is 14.1 Å². The molecule has 0 amide bonds. The highest BCUT2D eigenvalue weighted by atomic mass is 32.2. The van der Waals surface area contributed by atoms with Gasteiger partial charge >= 0.3 is 0 Å². The van der Waals surface area contributed by atoms with E-state index in [0.717, 1.165) is 22.5 Å². The summed E-state index contributed by atoms with van der Waals surface area (Å²) in [5.41, 5.74) is 7.22. The van der Waals surface area contributed by atoms with E-state index >= 15 is 0 Å². The van der Waals surface area contributed by atoms with Crippen LogP contribution in [0.1, 0.15) is 16.7 Å². The molecule has 0 bridgehead atoms. The monoisotopic (exact) mass is 523 g/mol. The summed E-state index contributed by atoms with van der Waals surface area (Å²) in [6.45, 7) is 8.09. The molecule has 1 saturated heterocycles. The maximum absolute atomic E-state index is 14.0. The molecule has 0 atom stereocenters. The molecule has 1 aliphatic heterocycles. The van der Waals surface area contributed by atoms with Crippen LogP contribution in [-0.4, -0.2) is 28.2 Å². The van der Waals surface area contributed by atoms with Gasteiger partial charge in [0.2, 0.25) is 0 Å². The lowest BCUT2D eigenvalue weighted by Gasteiger charge is -2.40. The van der Waals surface area contributed by atoms with E-state index in [2.05, 4.69) is 72.2 Å². The van der Waals surface area contributed by atoms with Gasteiger partial charge in [-0.15, -0.1) is 0 Å². The second-order valence-corrected chi connectivity index (χ2v) is 11.8. The first-order valence-corrected chi connectivity index (χ1v) is 14.2. The summed E-state index contributed by atoms with van der Waals surface area (Å²) in [5, 5.41) is 0. The van der Waals surface area contributed by atoms with Crippen LogP contribution in [0, 0.1) is 20.8 Å². The van der Waals surface area contributed by atoms with Gasteiger partial charge in [0.05, 0.1) is 17.3 Å². The molecule has 0 N–H and O–H groups in total. The summed E-state index contributed by atoms with van der Waals surface area (Å²) in [4.78, 5) is 4.87. The fraction of sp³-hybridized carbons (Fsp3) is 0.188. The van der Waals surface area contributed by atoms with Crippen LogP contribution >= 0.6 is 0 Å². The minimum absolute atomic E-state index is 0.269. The lowest BCUT2D eigenvalue weighted by Crippen LogP contribution is -2.47. The molecule has 194 valence electrons. The average Bonchev–Trinajstić information content (AvgIpc) is 2.92. The summed E-state index contributed by atoms with van der Waals surface area (Å²) >= 11 is 0. The smallest absolute Gasteiger partial charge is 0.268 e. The lowest BCUT2D eigenvalue weighted by atomic mass is 10.1. The van der Waals surface area contributed by atoms with Gasteiger partial charge in [-0.1, -0.05) is 60.2 Å². The van der Waals surface area contributed by atoms with Crippen molar-refractivity contribution < 1.29 is 8.42 Å². The van der Waals surface area contributed by atoms with Gasteiger partial charge in [0.1, 0.15) is 0 Å². The van der Waals surface area contributed by atoms with E-state index < -0.39 is 10.0 Å². The van der Waals surface area contributed by atoms with Crippen LogP contribution in [0.4, 0.5) is 17.1 Å². The van der Waals surface area contributed by atoms with Gasteiger partial charge in [0.15, 0.2) is 0 Å². The highest BCUT2D eigenvalue weighted by molar-refractivity contribution is 7.93. The molecule has 5 rings (SSSR count). The summed E-state index contributed by atoms with van der Waals surface area (Å²) in [7, 11) is -3.83. The van der Waals surface area contributed by atoms with Gasteiger partial charge in [0.25, 0.3) is 10.0 Å². The third kappa shape index (κ3) is 5.60. The number of aryl methyl sites for hydroxylation is 3. The number of para-hydroxylation sites is 1. The Hall–Kier alpha value is -4.03. The summed E-state index contributed by atoms with van der Waals surface area (Å²) in [6.07, 6.45) is 1.81. The Bertz CT molecular complexity index is 1490. The van der Waals surface area contributed by atoms with Gasteiger partial charge in [-0.25, -0.2) is 12.7 Å². The van der Waals surface area contributed by atoms with E-state index in [1.807, 2.05) is 55.6 Å². The number of benzene rings is 4. The van der Waals surface area contributed by atoms with Crippen molar-refractivity contribution in [3.05, 3.63) is 132 Å². The minimum atomic E-state index is -3.83. The molecule has 5 nitrogen and oxygen atoms in total. The zero-order valence-corrected chi connectivity index (χ0v) is 22.9. The maximum Gasteiger partial charge on any atom is 0.268 e. The highest BCUT2D eigenvalue weighted by Crippen LogP contribution is 2.29. The Labute approximate surface area is 226 Å². The minimum Gasteiger partial charge on any atom is -0.350 e.